The summed E-state index contributed by atoms with van der Waals surface area (Å²) in [6.07, 6.45) is -1.71. The van der Waals surface area contributed by atoms with Gasteiger partial charge in [-0.2, -0.15) is 10.5 Å². The average molecular weight is 225 g/mol. The van der Waals surface area contributed by atoms with Crippen LogP contribution in [0.5, 0.6) is 0 Å². The van der Waals surface area contributed by atoms with Crippen molar-refractivity contribution >= 4 is 5.91 Å². The molecule has 6 heteroatoms. The normalized spacial score (nSPS) is 12.7. The summed E-state index contributed by atoms with van der Waals surface area (Å²) < 4.78 is 0. The topological polar surface area (TPSA) is 117 Å². The van der Waals surface area contributed by atoms with Gasteiger partial charge in [-0.05, 0) is 5.92 Å². The molecule has 0 aliphatic heterocycles. The summed E-state index contributed by atoms with van der Waals surface area (Å²) in [6, 6.07) is 2.91. The number of carbonyl (C=O) groups is 1. The van der Waals surface area contributed by atoms with Crippen LogP contribution >= 0.6 is 0 Å². The van der Waals surface area contributed by atoms with E-state index in [-0.39, 0.29) is 5.92 Å². The van der Waals surface area contributed by atoms with Crippen molar-refractivity contribution in [2.24, 2.45) is 11.3 Å². The molecule has 0 aromatic rings. The second-order valence-corrected chi connectivity index (χ2v) is 3.83. The van der Waals surface area contributed by atoms with Crippen molar-refractivity contribution in [3.63, 3.8) is 0 Å². The number of nitriles is 2. The minimum atomic E-state index is -2.25. The van der Waals surface area contributed by atoms with Crippen LogP contribution in [0.3, 0.4) is 0 Å². The second-order valence-electron chi connectivity index (χ2n) is 3.83. The van der Waals surface area contributed by atoms with Crippen LogP contribution in [-0.4, -0.2) is 35.4 Å². The zero-order valence-electron chi connectivity index (χ0n) is 9.27. The molecule has 0 radical (unpaired) electrons. The van der Waals surface area contributed by atoms with Gasteiger partial charge in [-0.3, -0.25) is 4.79 Å². The summed E-state index contributed by atoms with van der Waals surface area (Å²) in [4.78, 5) is 11.6. The molecule has 0 spiro atoms. The van der Waals surface area contributed by atoms with E-state index in [0.29, 0.717) is 6.54 Å². The molecular weight excluding hydrogens is 210 g/mol. The Bertz CT molecular complexity index is 313. The van der Waals surface area contributed by atoms with Crippen molar-refractivity contribution in [3.05, 3.63) is 0 Å². The van der Waals surface area contributed by atoms with Gasteiger partial charge in [0, 0.05) is 6.54 Å². The SMILES string of the molecule is CC(C)CNC(=O)C(C#N)(C#N)C(O)CO. The molecule has 0 fully saturated rings. The Labute approximate surface area is 94.1 Å². The highest BCUT2D eigenvalue weighted by Crippen LogP contribution is 2.20. The van der Waals surface area contributed by atoms with Crippen LogP contribution in [0.4, 0.5) is 0 Å². The van der Waals surface area contributed by atoms with E-state index >= 15 is 0 Å². The first-order valence-electron chi connectivity index (χ1n) is 4.84. The Morgan fingerprint density at radius 3 is 2.25 bits per heavy atom. The molecular formula is C10H15N3O3. The van der Waals surface area contributed by atoms with Crippen LogP contribution < -0.4 is 5.32 Å². The molecule has 1 unspecified atom stereocenters. The highest BCUT2D eigenvalue weighted by molar-refractivity contribution is 5.89. The minimum Gasteiger partial charge on any atom is -0.394 e. The van der Waals surface area contributed by atoms with Crippen molar-refractivity contribution in [1.29, 1.82) is 10.5 Å². The van der Waals surface area contributed by atoms with Gasteiger partial charge in [-0.1, -0.05) is 13.8 Å². The Kier molecular flexibility index (Phi) is 5.44. The average Bonchev–Trinajstić information content (AvgIpc) is 2.28. The summed E-state index contributed by atoms with van der Waals surface area (Å²) in [7, 11) is 0. The number of rotatable bonds is 5. The maximum absolute atomic E-state index is 11.6. The van der Waals surface area contributed by atoms with Crippen molar-refractivity contribution in [3.8, 4) is 12.1 Å². The molecule has 0 aromatic carbocycles. The number of nitrogens with zero attached hydrogens (tertiary/aromatic N) is 2. The van der Waals surface area contributed by atoms with Crippen molar-refractivity contribution in [1.82, 2.24) is 5.32 Å². The Morgan fingerprint density at radius 1 is 1.44 bits per heavy atom. The number of hydrogen-bond donors (Lipinski definition) is 3. The zero-order valence-corrected chi connectivity index (χ0v) is 9.27. The van der Waals surface area contributed by atoms with Crippen molar-refractivity contribution in [2.75, 3.05) is 13.2 Å². The van der Waals surface area contributed by atoms with Crippen LogP contribution in [0.25, 0.3) is 0 Å². The predicted octanol–water partition coefficient (Wildman–Crippen LogP) is -0.855. The van der Waals surface area contributed by atoms with Crippen LogP contribution in [0, 0.1) is 34.0 Å². The molecule has 88 valence electrons. The lowest BCUT2D eigenvalue weighted by atomic mass is 9.84. The Balaban J connectivity index is 4.88. The van der Waals surface area contributed by atoms with E-state index in [4.69, 9.17) is 15.6 Å². The molecule has 6 nitrogen and oxygen atoms in total. The molecule has 3 N–H and O–H groups in total. The van der Waals surface area contributed by atoms with Crippen LogP contribution in [-0.2, 0) is 4.79 Å². The molecule has 1 amide bonds. The summed E-state index contributed by atoms with van der Waals surface area (Å²) in [5.41, 5.74) is -2.25. The van der Waals surface area contributed by atoms with E-state index in [0.717, 1.165) is 0 Å². The van der Waals surface area contributed by atoms with E-state index in [2.05, 4.69) is 5.32 Å². The molecule has 1 atom stereocenters. The van der Waals surface area contributed by atoms with Gasteiger partial charge in [0.1, 0.15) is 6.10 Å². The highest BCUT2D eigenvalue weighted by Gasteiger charge is 2.46. The third-order valence-electron chi connectivity index (χ3n) is 2.05. The third-order valence-corrected chi connectivity index (χ3v) is 2.05. The fraction of sp³-hybridized carbons (Fsp3) is 0.700. The molecule has 0 rings (SSSR count). The molecule has 16 heavy (non-hydrogen) atoms. The van der Waals surface area contributed by atoms with Crippen molar-refractivity contribution in [2.45, 2.75) is 20.0 Å². The fourth-order valence-corrected chi connectivity index (χ4v) is 1.00. The second kappa shape index (κ2) is 6.06. The lowest BCUT2D eigenvalue weighted by Gasteiger charge is -2.22. The standard InChI is InChI=1S/C10H15N3O3/c1-7(2)3-13-9(16)10(5-11,6-12)8(15)4-14/h7-8,14-15H,3-4H2,1-2H3,(H,13,16). The first-order valence-corrected chi connectivity index (χ1v) is 4.84. The van der Waals surface area contributed by atoms with E-state index in [1.54, 1.807) is 0 Å². The first kappa shape index (κ1) is 14.4. The first-order chi connectivity index (χ1) is 7.44. The maximum atomic E-state index is 11.6. The lowest BCUT2D eigenvalue weighted by molar-refractivity contribution is -0.131. The van der Waals surface area contributed by atoms with Crippen molar-refractivity contribution < 1.29 is 15.0 Å². The van der Waals surface area contributed by atoms with Crippen LogP contribution in [0.1, 0.15) is 13.8 Å². The molecule has 0 bridgehead atoms. The lowest BCUT2D eigenvalue weighted by Crippen LogP contribution is -2.49. The van der Waals surface area contributed by atoms with E-state index in [1.807, 2.05) is 13.8 Å². The van der Waals surface area contributed by atoms with Crippen LogP contribution in [0.15, 0.2) is 0 Å². The summed E-state index contributed by atoms with van der Waals surface area (Å²) >= 11 is 0. The molecule has 0 heterocycles. The van der Waals surface area contributed by atoms with E-state index in [1.165, 1.54) is 12.1 Å². The monoisotopic (exact) mass is 225 g/mol. The number of amides is 1. The van der Waals surface area contributed by atoms with E-state index < -0.39 is 24.0 Å². The third kappa shape index (κ3) is 2.93. The van der Waals surface area contributed by atoms with Gasteiger partial charge in [0.15, 0.2) is 0 Å². The van der Waals surface area contributed by atoms with Gasteiger partial charge in [-0.25, -0.2) is 0 Å². The number of aliphatic hydroxyl groups excluding tert-OH is 2. The van der Waals surface area contributed by atoms with Crippen LogP contribution in [0.2, 0.25) is 0 Å². The minimum absolute atomic E-state index is 0.158. The number of hydrogen-bond acceptors (Lipinski definition) is 5. The molecule has 0 aliphatic carbocycles. The molecule has 0 saturated heterocycles. The van der Waals surface area contributed by atoms with Gasteiger partial charge in [0.05, 0.1) is 18.7 Å². The maximum Gasteiger partial charge on any atom is 0.257 e. The quantitative estimate of drug-likeness (QED) is 0.563. The molecule has 0 aliphatic rings. The number of nitrogens with one attached hydrogen (secondary N) is 1. The Hall–Kier alpha value is -1.63. The number of aliphatic hydroxyl groups is 2. The Morgan fingerprint density at radius 2 is 1.94 bits per heavy atom. The van der Waals surface area contributed by atoms with E-state index in [9.17, 15) is 9.90 Å². The van der Waals surface area contributed by atoms with Gasteiger partial charge in [-0.15, -0.1) is 0 Å². The number of carbonyl (C=O) groups excluding carboxylic acids is 1. The summed E-state index contributed by atoms with van der Waals surface area (Å²) in [5.74, 6) is -0.724. The van der Waals surface area contributed by atoms with Gasteiger partial charge < -0.3 is 15.5 Å². The van der Waals surface area contributed by atoms with Gasteiger partial charge in [0.25, 0.3) is 5.91 Å². The predicted molar refractivity (Wildman–Crippen MR) is 54.6 cm³/mol. The smallest absolute Gasteiger partial charge is 0.257 e. The van der Waals surface area contributed by atoms with Gasteiger partial charge in [0.2, 0.25) is 5.41 Å². The molecule has 0 saturated carbocycles. The largest absolute Gasteiger partial charge is 0.394 e. The summed E-state index contributed by atoms with van der Waals surface area (Å²) in [6.45, 7) is 3.17. The summed E-state index contributed by atoms with van der Waals surface area (Å²) in [5, 5.41) is 38.1. The zero-order chi connectivity index (χ0) is 12.8. The van der Waals surface area contributed by atoms with Gasteiger partial charge >= 0.3 is 0 Å². The highest BCUT2D eigenvalue weighted by atomic mass is 16.3. The fourth-order valence-electron chi connectivity index (χ4n) is 1.00. The molecule has 0 aromatic heterocycles.